The Kier molecular flexibility index (Phi) is 6.03. The molecule has 6 nitrogen and oxygen atoms in total. The zero-order valence-electron chi connectivity index (χ0n) is 18.5. The van der Waals surface area contributed by atoms with E-state index in [1.165, 1.54) is 17.0 Å². The van der Waals surface area contributed by atoms with Gasteiger partial charge < -0.3 is 5.32 Å². The van der Waals surface area contributed by atoms with Crippen LogP contribution in [0.3, 0.4) is 0 Å². The highest BCUT2D eigenvalue weighted by Crippen LogP contribution is 2.34. The van der Waals surface area contributed by atoms with E-state index >= 15 is 0 Å². The zero-order chi connectivity index (χ0) is 21.6. The first-order valence-corrected chi connectivity index (χ1v) is 12.4. The summed E-state index contributed by atoms with van der Waals surface area (Å²) in [4.78, 5) is 15.3. The van der Waals surface area contributed by atoms with Gasteiger partial charge in [-0.15, -0.1) is 0 Å². The average molecular weight is 422 g/mol. The number of carbonyl (C=O) groups is 1. The first-order chi connectivity index (χ1) is 13.4. The van der Waals surface area contributed by atoms with Gasteiger partial charge in [0.05, 0.1) is 11.9 Å². The molecular weight excluding hydrogens is 386 g/mol. The normalized spacial score (nSPS) is 25.7. The topological polar surface area (TPSA) is 69.7 Å². The van der Waals surface area contributed by atoms with E-state index in [9.17, 15) is 13.2 Å². The lowest BCUT2D eigenvalue weighted by Gasteiger charge is -2.45. The number of fused-ring (bicyclic) bond motifs is 1. The van der Waals surface area contributed by atoms with E-state index in [2.05, 4.69) is 37.9 Å². The summed E-state index contributed by atoms with van der Waals surface area (Å²) in [6.07, 6.45) is 3.11. The van der Waals surface area contributed by atoms with Crippen LogP contribution in [0.4, 0.5) is 5.69 Å². The molecule has 0 spiro atoms. The highest BCUT2D eigenvalue weighted by molar-refractivity contribution is 7.92. The van der Waals surface area contributed by atoms with Crippen molar-refractivity contribution in [2.75, 3.05) is 30.2 Å². The Morgan fingerprint density at radius 3 is 2.38 bits per heavy atom. The molecular formula is C22H35N3O3S. The van der Waals surface area contributed by atoms with Gasteiger partial charge in [-0.25, -0.2) is 8.42 Å². The van der Waals surface area contributed by atoms with E-state index < -0.39 is 10.0 Å². The van der Waals surface area contributed by atoms with Gasteiger partial charge in [0.2, 0.25) is 10.0 Å². The maximum Gasteiger partial charge on any atom is 0.251 e. The van der Waals surface area contributed by atoms with Crippen LogP contribution in [0, 0.1) is 11.8 Å². The molecule has 0 radical (unpaired) electrons. The molecule has 3 rings (SSSR count). The lowest BCUT2D eigenvalue weighted by molar-refractivity contribution is 0.0445. The van der Waals surface area contributed by atoms with Gasteiger partial charge in [0.1, 0.15) is 0 Å². The van der Waals surface area contributed by atoms with Crippen molar-refractivity contribution in [3.63, 3.8) is 0 Å². The summed E-state index contributed by atoms with van der Waals surface area (Å²) in [5.74, 6) is 1.24. The van der Waals surface area contributed by atoms with Gasteiger partial charge in [-0.1, -0.05) is 13.8 Å². The predicted molar refractivity (Wildman–Crippen MR) is 118 cm³/mol. The largest absolute Gasteiger partial charge is 0.350 e. The maximum atomic E-state index is 12.8. The second-order valence-electron chi connectivity index (χ2n) is 9.80. The third kappa shape index (κ3) is 4.77. The molecule has 2 aliphatic heterocycles. The molecule has 162 valence electrons. The molecule has 2 heterocycles. The van der Waals surface area contributed by atoms with Gasteiger partial charge in [0.25, 0.3) is 5.91 Å². The van der Waals surface area contributed by atoms with Crippen LogP contribution >= 0.6 is 0 Å². The minimum absolute atomic E-state index is 0.107. The highest BCUT2D eigenvalue weighted by atomic mass is 32.2. The number of nitrogens with one attached hydrogen (secondary N) is 1. The van der Waals surface area contributed by atoms with E-state index in [1.807, 2.05) is 13.0 Å². The summed E-state index contributed by atoms with van der Waals surface area (Å²) >= 11 is 0. The predicted octanol–water partition coefficient (Wildman–Crippen LogP) is 2.88. The Morgan fingerprint density at radius 1 is 1.17 bits per heavy atom. The van der Waals surface area contributed by atoms with Crippen molar-refractivity contribution in [3.05, 3.63) is 29.3 Å². The van der Waals surface area contributed by atoms with Crippen LogP contribution in [0.2, 0.25) is 0 Å². The van der Waals surface area contributed by atoms with E-state index in [0.717, 1.165) is 18.7 Å². The molecule has 7 heteroatoms. The number of anilines is 1. The van der Waals surface area contributed by atoms with Crippen molar-refractivity contribution >= 4 is 21.6 Å². The van der Waals surface area contributed by atoms with Crippen LogP contribution in [-0.2, 0) is 16.4 Å². The van der Waals surface area contributed by atoms with Crippen LogP contribution in [0.5, 0.6) is 0 Å². The number of benzene rings is 1. The van der Waals surface area contributed by atoms with E-state index in [-0.39, 0.29) is 17.5 Å². The lowest BCUT2D eigenvalue weighted by atomic mass is 9.88. The van der Waals surface area contributed by atoms with Crippen molar-refractivity contribution in [1.82, 2.24) is 10.2 Å². The minimum Gasteiger partial charge on any atom is -0.350 e. The molecule has 0 aromatic heterocycles. The Morgan fingerprint density at radius 2 is 1.79 bits per heavy atom. The lowest BCUT2D eigenvalue weighted by Crippen LogP contribution is -2.56. The minimum atomic E-state index is -3.32. The molecule has 2 aliphatic rings. The summed E-state index contributed by atoms with van der Waals surface area (Å²) in [5, 5.41) is 3.10. The number of rotatable bonds is 5. The zero-order valence-corrected chi connectivity index (χ0v) is 19.3. The summed E-state index contributed by atoms with van der Waals surface area (Å²) in [5.41, 5.74) is 2.07. The summed E-state index contributed by atoms with van der Waals surface area (Å²) in [6.45, 7) is 13.6. The van der Waals surface area contributed by atoms with Gasteiger partial charge in [-0.2, -0.15) is 0 Å². The van der Waals surface area contributed by atoms with E-state index in [1.54, 1.807) is 12.1 Å². The monoisotopic (exact) mass is 421 g/mol. The average Bonchev–Trinajstić information content (AvgIpc) is 2.93. The standard InChI is InChI=1S/C22H35N3O3S/c1-15-9-16(2)13-24(12-15)22(4,5)14-23-21(26)18-7-8-20-19(11-18)10-17(3)25(20)29(6,27)28/h7-8,11,15-17H,9-10,12-14H2,1-6H3,(H,23,26). The van der Waals surface area contributed by atoms with Gasteiger partial charge >= 0.3 is 0 Å². The third-order valence-electron chi connectivity index (χ3n) is 6.26. The smallest absolute Gasteiger partial charge is 0.251 e. The number of amides is 1. The molecule has 1 fully saturated rings. The first-order valence-electron chi connectivity index (χ1n) is 10.5. The molecule has 1 saturated heterocycles. The van der Waals surface area contributed by atoms with Crippen LogP contribution in [-0.4, -0.2) is 56.7 Å². The molecule has 1 aromatic rings. The number of carbonyl (C=O) groups excluding carboxylic acids is 1. The quantitative estimate of drug-likeness (QED) is 0.794. The summed E-state index contributed by atoms with van der Waals surface area (Å²) < 4.78 is 25.6. The fourth-order valence-corrected chi connectivity index (χ4v) is 6.18. The van der Waals surface area contributed by atoms with Crippen LogP contribution < -0.4 is 9.62 Å². The number of piperidine rings is 1. The molecule has 29 heavy (non-hydrogen) atoms. The van der Waals surface area contributed by atoms with Gasteiger partial charge in [-0.3, -0.25) is 14.0 Å². The summed E-state index contributed by atoms with van der Waals surface area (Å²) in [7, 11) is -3.32. The molecule has 1 amide bonds. The SMILES string of the molecule is CC1CC(C)CN(C(C)(C)CNC(=O)c2ccc3c(c2)CC(C)N3S(C)(=O)=O)C1. The van der Waals surface area contributed by atoms with Crippen molar-refractivity contribution in [3.8, 4) is 0 Å². The van der Waals surface area contributed by atoms with Gasteiger partial charge in [-0.05, 0) is 69.2 Å². The first kappa shape index (κ1) is 22.1. The second kappa shape index (κ2) is 7.91. The van der Waals surface area contributed by atoms with Crippen molar-refractivity contribution in [2.24, 2.45) is 11.8 Å². The third-order valence-corrected chi connectivity index (χ3v) is 7.53. The molecule has 3 atom stereocenters. The number of sulfonamides is 1. The van der Waals surface area contributed by atoms with Crippen LogP contribution in [0.15, 0.2) is 18.2 Å². The molecule has 3 unspecified atom stereocenters. The number of nitrogens with zero attached hydrogens (tertiary/aromatic N) is 2. The number of hydrogen-bond acceptors (Lipinski definition) is 4. The Labute approximate surface area is 175 Å². The molecule has 0 bridgehead atoms. The molecule has 0 aliphatic carbocycles. The van der Waals surface area contributed by atoms with E-state index in [4.69, 9.17) is 0 Å². The second-order valence-corrected chi connectivity index (χ2v) is 11.7. The molecule has 0 saturated carbocycles. The van der Waals surface area contributed by atoms with Crippen molar-refractivity contribution in [1.29, 1.82) is 0 Å². The van der Waals surface area contributed by atoms with Crippen molar-refractivity contribution < 1.29 is 13.2 Å². The van der Waals surface area contributed by atoms with E-state index in [0.29, 0.717) is 36.1 Å². The number of likely N-dealkylation sites (tertiary alicyclic amines) is 1. The Bertz CT molecular complexity index is 871. The van der Waals surface area contributed by atoms with Crippen LogP contribution in [0.25, 0.3) is 0 Å². The molecule has 1 aromatic carbocycles. The Balaban J connectivity index is 1.68. The fourth-order valence-electron chi connectivity index (χ4n) is 4.92. The number of hydrogen-bond donors (Lipinski definition) is 1. The van der Waals surface area contributed by atoms with Gasteiger partial charge in [0, 0.05) is 36.8 Å². The fraction of sp³-hybridized carbons (Fsp3) is 0.682. The maximum absolute atomic E-state index is 12.8. The van der Waals surface area contributed by atoms with Crippen LogP contribution in [0.1, 0.15) is 57.0 Å². The van der Waals surface area contributed by atoms with Crippen molar-refractivity contribution in [2.45, 2.75) is 59.0 Å². The Hall–Kier alpha value is -1.60. The summed E-state index contributed by atoms with van der Waals surface area (Å²) in [6, 6.07) is 5.20. The highest BCUT2D eigenvalue weighted by Gasteiger charge is 2.34. The molecule has 1 N–H and O–H groups in total. The van der Waals surface area contributed by atoms with Gasteiger partial charge in [0.15, 0.2) is 0 Å².